The number of rotatable bonds is 1. The molecule has 0 aromatic carbocycles. The summed E-state index contributed by atoms with van der Waals surface area (Å²) >= 11 is 4.37. The number of urea groups is 1. The van der Waals surface area contributed by atoms with Crippen molar-refractivity contribution in [3.63, 3.8) is 0 Å². The third kappa shape index (κ3) is 1.21. The maximum Gasteiger partial charge on any atom is 0.318 e. The molecule has 1 N–H and O–H groups in total. The summed E-state index contributed by atoms with van der Waals surface area (Å²) in [6.07, 6.45) is 0. The van der Waals surface area contributed by atoms with Crippen molar-refractivity contribution in [3.05, 3.63) is 0 Å². The predicted octanol–water partition coefficient (Wildman–Crippen LogP) is 1.28. The minimum absolute atomic E-state index is 0.120. The van der Waals surface area contributed by atoms with Crippen LogP contribution < -0.4 is 5.32 Å². The fourth-order valence-corrected chi connectivity index (χ4v) is 4.51. The van der Waals surface area contributed by atoms with Crippen molar-refractivity contribution in [2.45, 2.75) is 22.3 Å². The van der Waals surface area contributed by atoms with Gasteiger partial charge in [-0.1, -0.05) is 22.6 Å². The normalized spacial score (nSPS) is 40.0. The molecule has 68 valence electrons. The Morgan fingerprint density at radius 1 is 1.83 bits per heavy atom. The summed E-state index contributed by atoms with van der Waals surface area (Å²) in [7, 11) is 0. The Bertz CT molecular complexity index is 214. The van der Waals surface area contributed by atoms with Gasteiger partial charge < -0.3 is 10.2 Å². The zero-order chi connectivity index (χ0) is 8.72. The van der Waals surface area contributed by atoms with Gasteiger partial charge in [0.05, 0.1) is 15.3 Å². The summed E-state index contributed by atoms with van der Waals surface area (Å²) in [5.74, 6) is 1.07. The Kier molecular flexibility index (Phi) is 2.42. The van der Waals surface area contributed by atoms with Crippen LogP contribution in [0.3, 0.4) is 0 Å². The van der Waals surface area contributed by atoms with E-state index in [1.165, 1.54) is 0 Å². The molecular weight excluding hydrogens is 287 g/mol. The van der Waals surface area contributed by atoms with E-state index >= 15 is 0 Å². The number of likely N-dealkylation sites (N-methyl/N-ethyl adjacent to an activating group) is 1. The summed E-state index contributed by atoms with van der Waals surface area (Å²) in [6.45, 7) is 2.86. The molecule has 2 saturated heterocycles. The lowest BCUT2D eigenvalue weighted by atomic mass is 10.2. The van der Waals surface area contributed by atoms with E-state index in [1.54, 1.807) is 0 Å². The van der Waals surface area contributed by atoms with Gasteiger partial charge in [0, 0.05) is 12.3 Å². The SMILES string of the molecule is CCN1C(=O)N[C@H]2CS[C@@H](I)[C@H]21. The lowest BCUT2D eigenvalue weighted by Gasteiger charge is -2.22. The van der Waals surface area contributed by atoms with Crippen LogP contribution in [-0.2, 0) is 0 Å². The van der Waals surface area contributed by atoms with E-state index in [0.29, 0.717) is 15.3 Å². The van der Waals surface area contributed by atoms with Crippen molar-refractivity contribution >= 4 is 40.4 Å². The molecule has 12 heavy (non-hydrogen) atoms. The van der Waals surface area contributed by atoms with Crippen molar-refractivity contribution < 1.29 is 4.79 Å². The molecule has 0 aromatic rings. The maximum atomic E-state index is 11.4. The molecule has 2 aliphatic heterocycles. The van der Waals surface area contributed by atoms with Gasteiger partial charge in [-0.05, 0) is 6.92 Å². The molecule has 5 heteroatoms. The molecular formula is C7H11IN2OS. The number of carbonyl (C=O) groups excluding carboxylic acids is 1. The predicted molar refractivity (Wildman–Crippen MR) is 58.8 cm³/mol. The van der Waals surface area contributed by atoms with E-state index in [2.05, 4.69) is 27.9 Å². The van der Waals surface area contributed by atoms with Crippen LogP contribution in [0.1, 0.15) is 6.92 Å². The van der Waals surface area contributed by atoms with Crippen LogP contribution >= 0.6 is 34.4 Å². The zero-order valence-electron chi connectivity index (χ0n) is 6.79. The van der Waals surface area contributed by atoms with Crippen LogP contribution in [0.4, 0.5) is 4.79 Å². The molecule has 3 atom stereocenters. The van der Waals surface area contributed by atoms with Crippen LogP contribution in [0.15, 0.2) is 0 Å². The Hall–Kier alpha value is 0.350. The molecule has 2 fully saturated rings. The Morgan fingerprint density at radius 2 is 2.58 bits per heavy atom. The van der Waals surface area contributed by atoms with E-state index < -0.39 is 0 Å². The highest BCUT2D eigenvalue weighted by Gasteiger charge is 2.46. The summed E-state index contributed by atoms with van der Waals surface area (Å²) < 4.78 is 0.562. The third-order valence-electron chi connectivity index (χ3n) is 2.39. The molecule has 2 amide bonds. The number of halogens is 1. The standard InChI is InChI=1S/C7H11IN2OS/c1-2-10-5-4(9-7(10)11)3-12-6(5)8/h4-6H,2-3H2,1H3,(H,9,11)/t4-,5-,6+/m0/s1. The number of hydrogen-bond donors (Lipinski definition) is 1. The maximum absolute atomic E-state index is 11.4. The van der Waals surface area contributed by atoms with Gasteiger partial charge in [0.15, 0.2) is 0 Å². The molecule has 3 nitrogen and oxygen atoms in total. The topological polar surface area (TPSA) is 32.3 Å². The second-order valence-corrected chi connectivity index (χ2v) is 6.38. The first kappa shape index (κ1) is 8.93. The highest BCUT2D eigenvalue weighted by atomic mass is 127. The molecule has 0 radical (unpaired) electrons. The van der Waals surface area contributed by atoms with Gasteiger partial charge in [-0.2, -0.15) is 0 Å². The third-order valence-corrected chi connectivity index (χ3v) is 5.35. The zero-order valence-corrected chi connectivity index (χ0v) is 9.76. The number of alkyl halides is 1. The number of nitrogens with one attached hydrogen (secondary N) is 1. The molecule has 2 aliphatic rings. The number of hydrogen-bond acceptors (Lipinski definition) is 2. The quantitative estimate of drug-likeness (QED) is 0.449. The van der Waals surface area contributed by atoms with Crippen molar-refractivity contribution in [2.75, 3.05) is 12.3 Å². The van der Waals surface area contributed by atoms with Gasteiger partial charge in [-0.15, -0.1) is 11.8 Å². The molecule has 0 aliphatic carbocycles. The molecule has 0 bridgehead atoms. The lowest BCUT2D eigenvalue weighted by Crippen LogP contribution is -2.38. The van der Waals surface area contributed by atoms with Gasteiger partial charge in [0.25, 0.3) is 0 Å². The molecule has 2 heterocycles. The number of fused-ring (bicyclic) bond motifs is 1. The average molecular weight is 298 g/mol. The van der Waals surface area contributed by atoms with E-state index in [9.17, 15) is 4.79 Å². The smallest absolute Gasteiger partial charge is 0.318 e. The van der Waals surface area contributed by atoms with Crippen molar-refractivity contribution in [1.29, 1.82) is 0 Å². The first-order chi connectivity index (χ1) is 5.74. The van der Waals surface area contributed by atoms with Crippen molar-refractivity contribution in [3.8, 4) is 0 Å². The van der Waals surface area contributed by atoms with E-state index in [4.69, 9.17) is 0 Å². The van der Waals surface area contributed by atoms with E-state index in [0.717, 1.165) is 12.3 Å². The monoisotopic (exact) mass is 298 g/mol. The van der Waals surface area contributed by atoms with Crippen LogP contribution in [-0.4, -0.2) is 38.6 Å². The molecule has 0 unspecified atom stereocenters. The highest BCUT2D eigenvalue weighted by molar-refractivity contribution is 14.1. The highest BCUT2D eigenvalue weighted by Crippen LogP contribution is 2.38. The second-order valence-electron chi connectivity index (χ2n) is 3.02. The number of thioether (sulfide) groups is 1. The van der Waals surface area contributed by atoms with Crippen LogP contribution in [0.2, 0.25) is 0 Å². The van der Waals surface area contributed by atoms with Gasteiger partial charge >= 0.3 is 6.03 Å². The van der Waals surface area contributed by atoms with E-state index in [-0.39, 0.29) is 6.03 Å². The molecule has 0 saturated carbocycles. The van der Waals surface area contributed by atoms with Crippen LogP contribution in [0.25, 0.3) is 0 Å². The summed E-state index contributed by atoms with van der Waals surface area (Å²) in [4.78, 5) is 13.3. The lowest BCUT2D eigenvalue weighted by molar-refractivity contribution is 0.209. The van der Waals surface area contributed by atoms with Gasteiger partial charge in [-0.3, -0.25) is 0 Å². The van der Waals surface area contributed by atoms with Gasteiger partial charge in [-0.25, -0.2) is 4.79 Å². The molecule has 2 rings (SSSR count). The van der Waals surface area contributed by atoms with Gasteiger partial charge in [0.1, 0.15) is 0 Å². The minimum atomic E-state index is 0.120. The summed E-state index contributed by atoms with van der Waals surface area (Å²) in [5.41, 5.74) is 0. The molecule has 0 aromatic heterocycles. The van der Waals surface area contributed by atoms with Gasteiger partial charge in [0.2, 0.25) is 0 Å². The number of carbonyl (C=O) groups is 1. The van der Waals surface area contributed by atoms with Crippen LogP contribution in [0, 0.1) is 0 Å². The minimum Gasteiger partial charge on any atom is -0.332 e. The van der Waals surface area contributed by atoms with Crippen molar-refractivity contribution in [1.82, 2.24) is 10.2 Å². The largest absolute Gasteiger partial charge is 0.332 e. The number of amides is 2. The second kappa shape index (κ2) is 3.25. The van der Waals surface area contributed by atoms with E-state index in [1.807, 2.05) is 23.6 Å². The fraction of sp³-hybridized carbons (Fsp3) is 0.857. The first-order valence-electron chi connectivity index (χ1n) is 4.07. The van der Waals surface area contributed by atoms with Crippen molar-refractivity contribution in [2.24, 2.45) is 0 Å². The van der Waals surface area contributed by atoms with Crippen LogP contribution in [0.5, 0.6) is 0 Å². The molecule has 0 spiro atoms. The Morgan fingerprint density at radius 3 is 3.25 bits per heavy atom. The number of nitrogens with zero attached hydrogens (tertiary/aromatic N) is 1. The fourth-order valence-electron chi connectivity index (χ4n) is 1.79. The Balaban J connectivity index is 2.18. The summed E-state index contributed by atoms with van der Waals surface area (Å²) in [6, 6.07) is 0.937. The Labute approximate surface area is 89.8 Å². The average Bonchev–Trinajstić information content (AvgIpc) is 2.52. The first-order valence-corrected chi connectivity index (χ1v) is 6.36. The summed E-state index contributed by atoms with van der Waals surface area (Å²) in [5, 5.41) is 3.01.